The molecule has 1 aromatic carbocycles. The second-order valence-corrected chi connectivity index (χ2v) is 6.35. The van der Waals surface area contributed by atoms with Gasteiger partial charge in [-0.3, -0.25) is 14.7 Å². The van der Waals surface area contributed by atoms with Crippen LogP contribution in [0.15, 0.2) is 53.3 Å². The van der Waals surface area contributed by atoms with Gasteiger partial charge in [-0.15, -0.1) is 12.4 Å². The molecule has 0 saturated carbocycles. The van der Waals surface area contributed by atoms with E-state index in [9.17, 15) is 4.79 Å². The van der Waals surface area contributed by atoms with E-state index in [0.717, 1.165) is 42.8 Å². The molecule has 3 rings (SSSR count). The van der Waals surface area contributed by atoms with Gasteiger partial charge in [-0.1, -0.05) is 15.9 Å². The van der Waals surface area contributed by atoms with Crippen LogP contribution in [0.4, 0.5) is 0 Å². The molecule has 0 radical (unpaired) electrons. The summed E-state index contributed by atoms with van der Waals surface area (Å²) in [6.07, 6.45) is 3.64. The van der Waals surface area contributed by atoms with Gasteiger partial charge in [-0.25, -0.2) is 0 Å². The topological polar surface area (TPSA) is 36.4 Å². The van der Waals surface area contributed by atoms with Crippen LogP contribution in [0.25, 0.3) is 0 Å². The molecule has 122 valence electrons. The fourth-order valence-corrected chi connectivity index (χ4v) is 2.89. The third kappa shape index (κ3) is 4.77. The van der Waals surface area contributed by atoms with Gasteiger partial charge < -0.3 is 4.90 Å². The molecule has 2 aromatic rings. The van der Waals surface area contributed by atoms with Crippen LogP contribution in [-0.4, -0.2) is 46.9 Å². The van der Waals surface area contributed by atoms with Gasteiger partial charge in [0, 0.05) is 55.2 Å². The normalized spacial score (nSPS) is 15.1. The van der Waals surface area contributed by atoms with Crippen LogP contribution in [0.1, 0.15) is 15.9 Å². The Morgan fingerprint density at radius 3 is 2.22 bits per heavy atom. The first-order chi connectivity index (χ1) is 10.7. The van der Waals surface area contributed by atoms with E-state index in [0.29, 0.717) is 0 Å². The molecule has 23 heavy (non-hydrogen) atoms. The van der Waals surface area contributed by atoms with Crippen molar-refractivity contribution >= 4 is 34.2 Å². The molecular weight excluding hydrogens is 378 g/mol. The molecule has 4 nitrogen and oxygen atoms in total. The summed E-state index contributed by atoms with van der Waals surface area (Å²) in [5, 5.41) is 0. The zero-order chi connectivity index (χ0) is 15.4. The standard InChI is InChI=1S/C17H18BrN3O.ClH/c18-16-3-1-15(2-4-16)17(22)21-11-9-20(10-12-21)13-14-5-7-19-8-6-14;/h1-8H,9-13H2;1H. The summed E-state index contributed by atoms with van der Waals surface area (Å²) in [6, 6.07) is 11.6. The van der Waals surface area contributed by atoms with Crippen LogP contribution in [0.3, 0.4) is 0 Å². The van der Waals surface area contributed by atoms with Crippen molar-refractivity contribution < 1.29 is 4.79 Å². The molecule has 0 N–H and O–H groups in total. The maximum atomic E-state index is 12.5. The highest BCUT2D eigenvalue weighted by Crippen LogP contribution is 2.14. The Balaban J connectivity index is 0.00000192. The first-order valence-electron chi connectivity index (χ1n) is 7.38. The summed E-state index contributed by atoms with van der Waals surface area (Å²) < 4.78 is 0.992. The number of amides is 1. The Kier molecular flexibility index (Phi) is 6.57. The molecule has 1 aliphatic heterocycles. The van der Waals surface area contributed by atoms with Crippen LogP contribution in [0.5, 0.6) is 0 Å². The summed E-state index contributed by atoms with van der Waals surface area (Å²) >= 11 is 3.39. The van der Waals surface area contributed by atoms with Gasteiger partial charge in [0.1, 0.15) is 0 Å². The Morgan fingerprint density at radius 2 is 1.61 bits per heavy atom. The molecule has 0 aliphatic carbocycles. The number of hydrogen-bond acceptors (Lipinski definition) is 3. The van der Waals surface area contributed by atoms with Crippen molar-refractivity contribution in [3.8, 4) is 0 Å². The highest BCUT2D eigenvalue weighted by Gasteiger charge is 2.21. The quantitative estimate of drug-likeness (QED) is 0.799. The third-order valence-corrected chi connectivity index (χ3v) is 4.43. The minimum absolute atomic E-state index is 0. The monoisotopic (exact) mass is 395 g/mol. The molecule has 1 aromatic heterocycles. The lowest BCUT2D eigenvalue weighted by Gasteiger charge is -2.34. The molecule has 1 amide bonds. The summed E-state index contributed by atoms with van der Waals surface area (Å²) in [5.41, 5.74) is 2.02. The van der Waals surface area contributed by atoms with Crippen LogP contribution in [0.2, 0.25) is 0 Å². The molecule has 0 bridgehead atoms. The lowest BCUT2D eigenvalue weighted by atomic mass is 10.1. The Bertz CT molecular complexity index is 628. The summed E-state index contributed by atoms with van der Waals surface area (Å²) in [4.78, 5) is 20.8. The number of rotatable bonds is 3. The van der Waals surface area contributed by atoms with Crippen molar-refractivity contribution in [3.63, 3.8) is 0 Å². The molecule has 6 heteroatoms. The number of halogens is 2. The fraction of sp³-hybridized carbons (Fsp3) is 0.294. The molecule has 1 saturated heterocycles. The third-order valence-electron chi connectivity index (χ3n) is 3.91. The number of carbonyl (C=O) groups excluding carboxylic acids is 1. The van der Waals surface area contributed by atoms with E-state index >= 15 is 0 Å². The van der Waals surface area contributed by atoms with Crippen molar-refractivity contribution in [3.05, 3.63) is 64.4 Å². The van der Waals surface area contributed by atoms with Crippen LogP contribution in [0, 0.1) is 0 Å². The van der Waals surface area contributed by atoms with Gasteiger partial charge >= 0.3 is 0 Å². The Hall–Kier alpha value is -1.43. The van der Waals surface area contributed by atoms with E-state index in [2.05, 4.69) is 25.8 Å². The molecule has 1 fully saturated rings. The number of piperazine rings is 1. The first-order valence-corrected chi connectivity index (χ1v) is 8.18. The maximum absolute atomic E-state index is 12.5. The molecular formula is C17H19BrClN3O. The number of hydrogen-bond donors (Lipinski definition) is 0. The molecule has 0 spiro atoms. The summed E-state index contributed by atoms with van der Waals surface area (Å²) in [7, 11) is 0. The van der Waals surface area contributed by atoms with Gasteiger partial charge in [-0.05, 0) is 42.0 Å². The van der Waals surface area contributed by atoms with E-state index in [1.165, 1.54) is 5.56 Å². The van der Waals surface area contributed by atoms with Crippen molar-refractivity contribution in [1.29, 1.82) is 0 Å². The zero-order valence-corrected chi connectivity index (χ0v) is 15.1. The molecule has 0 unspecified atom stereocenters. The predicted molar refractivity (Wildman–Crippen MR) is 96.8 cm³/mol. The Labute approximate surface area is 151 Å². The minimum atomic E-state index is 0. The average Bonchev–Trinajstić information content (AvgIpc) is 2.57. The second kappa shape index (κ2) is 8.43. The van der Waals surface area contributed by atoms with Crippen molar-refractivity contribution in [1.82, 2.24) is 14.8 Å². The molecule has 1 aliphatic rings. The smallest absolute Gasteiger partial charge is 0.253 e. The number of nitrogens with zero attached hydrogens (tertiary/aromatic N) is 3. The lowest BCUT2D eigenvalue weighted by molar-refractivity contribution is 0.0628. The van der Waals surface area contributed by atoms with Crippen molar-refractivity contribution in [2.75, 3.05) is 26.2 Å². The largest absolute Gasteiger partial charge is 0.336 e. The van der Waals surface area contributed by atoms with Crippen molar-refractivity contribution in [2.45, 2.75) is 6.54 Å². The summed E-state index contributed by atoms with van der Waals surface area (Å²) in [6.45, 7) is 4.29. The number of carbonyl (C=O) groups is 1. The average molecular weight is 397 g/mol. The Morgan fingerprint density at radius 1 is 1.00 bits per heavy atom. The molecule has 2 heterocycles. The van der Waals surface area contributed by atoms with E-state index in [1.807, 2.05) is 53.7 Å². The predicted octanol–water partition coefficient (Wildman–Crippen LogP) is 3.22. The maximum Gasteiger partial charge on any atom is 0.253 e. The van der Waals surface area contributed by atoms with Crippen molar-refractivity contribution in [2.24, 2.45) is 0 Å². The van der Waals surface area contributed by atoms with E-state index in [1.54, 1.807) is 0 Å². The van der Waals surface area contributed by atoms with Crippen LogP contribution < -0.4 is 0 Å². The van der Waals surface area contributed by atoms with Crippen LogP contribution in [-0.2, 0) is 6.54 Å². The van der Waals surface area contributed by atoms with E-state index < -0.39 is 0 Å². The van der Waals surface area contributed by atoms with Gasteiger partial charge in [0.15, 0.2) is 0 Å². The zero-order valence-electron chi connectivity index (χ0n) is 12.7. The minimum Gasteiger partial charge on any atom is -0.336 e. The molecule has 0 atom stereocenters. The van der Waals surface area contributed by atoms with E-state index in [-0.39, 0.29) is 18.3 Å². The van der Waals surface area contributed by atoms with Gasteiger partial charge in [0.05, 0.1) is 0 Å². The second-order valence-electron chi connectivity index (χ2n) is 5.43. The number of aromatic nitrogens is 1. The first kappa shape index (κ1) is 17.9. The SMILES string of the molecule is Cl.O=C(c1ccc(Br)cc1)N1CCN(Cc2ccncc2)CC1. The highest BCUT2D eigenvalue weighted by molar-refractivity contribution is 9.10. The van der Waals surface area contributed by atoms with Gasteiger partial charge in [-0.2, -0.15) is 0 Å². The number of pyridine rings is 1. The van der Waals surface area contributed by atoms with Crippen LogP contribution >= 0.6 is 28.3 Å². The van der Waals surface area contributed by atoms with Gasteiger partial charge in [0.25, 0.3) is 5.91 Å². The summed E-state index contributed by atoms with van der Waals surface area (Å²) in [5.74, 6) is 0.121. The lowest BCUT2D eigenvalue weighted by Crippen LogP contribution is -2.48. The highest BCUT2D eigenvalue weighted by atomic mass is 79.9. The van der Waals surface area contributed by atoms with E-state index in [4.69, 9.17) is 0 Å². The number of benzene rings is 1. The van der Waals surface area contributed by atoms with Gasteiger partial charge in [0.2, 0.25) is 0 Å². The fourth-order valence-electron chi connectivity index (χ4n) is 2.63.